The number of anilines is 1. The third-order valence-electron chi connectivity index (χ3n) is 6.35. The Hall–Kier alpha value is -3.31. The summed E-state index contributed by atoms with van der Waals surface area (Å²) in [7, 11) is 1.94. The molecule has 4 aromatic heterocycles. The maximum atomic E-state index is 13.4. The number of thiophene rings is 1. The fraction of sp³-hybridized carbons (Fsp3) is 0.296. The van der Waals surface area contributed by atoms with Gasteiger partial charge >= 0.3 is 0 Å². The van der Waals surface area contributed by atoms with Crippen molar-refractivity contribution in [3.8, 4) is 11.3 Å². The standard InChI is InChI=1S/C27H27N5O3S2/c1-17-12-32-13-18(29-27(32)37-17)11-28-26(33)21-7-8-23(22-16-36-24-6-4-3-5-20(22)24)30-25(21)31(2)14-19-15-34-9-10-35-19/h3-8,12-13,16,19H,9-11,14-15H2,1-2H3,(H,28,33). The number of carbonyl (C=O) groups excluding carboxylic acids is 1. The summed E-state index contributed by atoms with van der Waals surface area (Å²) in [5.41, 5.74) is 3.23. The number of benzene rings is 1. The van der Waals surface area contributed by atoms with Crippen molar-refractivity contribution in [1.29, 1.82) is 0 Å². The zero-order valence-corrected chi connectivity index (χ0v) is 22.3. The predicted octanol–water partition coefficient (Wildman–Crippen LogP) is 4.76. The number of likely N-dealkylation sites (N-methyl/N-ethyl adjacent to an activating group) is 1. The van der Waals surface area contributed by atoms with Gasteiger partial charge in [0.2, 0.25) is 0 Å². The number of imidazole rings is 1. The molecule has 1 atom stereocenters. The predicted molar refractivity (Wildman–Crippen MR) is 148 cm³/mol. The van der Waals surface area contributed by atoms with E-state index >= 15 is 0 Å². The van der Waals surface area contributed by atoms with E-state index in [0.29, 0.717) is 44.3 Å². The maximum Gasteiger partial charge on any atom is 0.255 e. The summed E-state index contributed by atoms with van der Waals surface area (Å²) in [4.78, 5) is 27.1. The lowest BCUT2D eigenvalue weighted by Crippen LogP contribution is -2.39. The lowest BCUT2D eigenvalue weighted by atomic mass is 10.1. The monoisotopic (exact) mass is 533 g/mol. The highest BCUT2D eigenvalue weighted by atomic mass is 32.1. The van der Waals surface area contributed by atoms with E-state index in [4.69, 9.17) is 14.5 Å². The van der Waals surface area contributed by atoms with Gasteiger partial charge < -0.3 is 19.7 Å². The number of aryl methyl sites for hydroxylation is 1. The van der Waals surface area contributed by atoms with Crippen molar-refractivity contribution >= 4 is 49.4 Å². The average Bonchev–Trinajstić information content (AvgIpc) is 3.60. The van der Waals surface area contributed by atoms with E-state index in [2.05, 4.69) is 34.7 Å². The van der Waals surface area contributed by atoms with Crippen molar-refractivity contribution < 1.29 is 14.3 Å². The van der Waals surface area contributed by atoms with Crippen LogP contribution in [-0.4, -0.2) is 59.8 Å². The van der Waals surface area contributed by atoms with E-state index in [0.717, 1.165) is 27.3 Å². The van der Waals surface area contributed by atoms with Crippen LogP contribution in [0.1, 0.15) is 20.9 Å². The second-order valence-corrected chi connectivity index (χ2v) is 11.2. The Morgan fingerprint density at radius 3 is 2.92 bits per heavy atom. The first-order valence-electron chi connectivity index (χ1n) is 12.2. The van der Waals surface area contributed by atoms with Crippen LogP contribution >= 0.6 is 22.7 Å². The molecule has 1 unspecified atom stereocenters. The number of ether oxygens (including phenoxy) is 2. The highest BCUT2D eigenvalue weighted by molar-refractivity contribution is 7.17. The van der Waals surface area contributed by atoms with Gasteiger partial charge in [-0.15, -0.1) is 22.7 Å². The van der Waals surface area contributed by atoms with E-state index in [-0.39, 0.29) is 12.0 Å². The molecular formula is C27H27N5O3S2. The van der Waals surface area contributed by atoms with Crippen LogP contribution < -0.4 is 10.2 Å². The number of pyridine rings is 1. The molecule has 1 fully saturated rings. The number of carbonyl (C=O) groups is 1. The van der Waals surface area contributed by atoms with Gasteiger partial charge in [-0.05, 0) is 25.1 Å². The van der Waals surface area contributed by atoms with Crippen molar-refractivity contribution in [2.45, 2.75) is 19.6 Å². The van der Waals surface area contributed by atoms with Crippen LogP contribution in [0.2, 0.25) is 0 Å². The lowest BCUT2D eigenvalue weighted by Gasteiger charge is -2.29. The van der Waals surface area contributed by atoms with Crippen molar-refractivity contribution in [3.63, 3.8) is 0 Å². The lowest BCUT2D eigenvalue weighted by molar-refractivity contribution is -0.0837. The number of hydrogen-bond donors (Lipinski definition) is 1. The minimum atomic E-state index is -0.190. The third-order valence-corrected chi connectivity index (χ3v) is 8.23. The molecule has 0 radical (unpaired) electrons. The van der Waals surface area contributed by atoms with E-state index in [1.54, 1.807) is 22.7 Å². The molecule has 1 N–H and O–H groups in total. The molecule has 6 rings (SSSR count). The Morgan fingerprint density at radius 1 is 1.19 bits per heavy atom. The molecule has 1 aliphatic heterocycles. The van der Waals surface area contributed by atoms with Crippen molar-refractivity contribution in [3.05, 3.63) is 70.3 Å². The summed E-state index contributed by atoms with van der Waals surface area (Å²) in [5, 5.41) is 6.32. The molecule has 10 heteroatoms. The number of rotatable bonds is 7. The summed E-state index contributed by atoms with van der Waals surface area (Å²) in [6.45, 7) is 4.67. The number of amides is 1. The third kappa shape index (κ3) is 4.97. The van der Waals surface area contributed by atoms with Gasteiger partial charge in [-0.25, -0.2) is 9.97 Å². The summed E-state index contributed by atoms with van der Waals surface area (Å²) in [6, 6.07) is 12.1. The first-order chi connectivity index (χ1) is 18.0. The molecule has 1 aromatic carbocycles. The number of hydrogen-bond acceptors (Lipinski definition) is 8. The number of aromatic nitrogens is 3. The van der Waals surface area contributed by atoms with Crippen LogP contribution in [0, 0.1) is 6.92 Å². The van der Waals surface area contributed by atoms with Crippen LogP contribution in [0.15, 0.2) is 54.2 Å². The molecule has 37 heavy (non-hydrogen) atoms. The summed E-state index contributed by atoms with van der Waals surface area (Å²) in [6.07, 6.45) is 3.92. The largest absolute Gasteiger partial charge is 0.376 e. The normalized spacial score (nSPS) is 15.9. The van der Waals surface area contributed by atoms with Gasteiger partial charge in [-0.1, -0.05) is 18.2 Å². The van der Waals surface area contributed by atoms with Crippen LogP contribution in [0.3, 0.4) is 0 Å². The average molecular weight is 534 g/mol. The Bertz CT molecular complexity index is 1540. The Labute approximate surface area is 222 Å². The molecule has 0 saturated carbocycles. The highest BCUT2D eigenvalue weighted by Gasteiger charge is 2.23. The fourth-order valence-corrected chi connectivity index (χ4v) is 6.37. The number of nitrogens with zero attached hydrogens (tertiary/aromatic N) is 4. The second kappa shape index (κ2) is 10.2. The van der Waals surface area contributed by atoms with Gasteiger partial charge in [0.25, 0.3) is 5.91 Å². The molecule has 190 valence electrons. The van der Waals surface area contributed by atoms with Crippen LogP contribution in [0.4, 0.5) is 5.82 Å². The summed E-state index contributed by atoms with van der Waals surface area (Å²) >= 11 is 3.32. The molecule has 0 bridgehead atoms. The molecule has 1 saturated heterocycles. The number of nitrogens with one attached hydrogen (secondary N) is 1. The van der Waals surface area contributed by atoms with Gasteiger partial charge in [-0.2, -0.15) is 0 Å². The van der Waals surface area contributed by atoms with E-state index in [1.165, 1.54) is 9.58 Å². The Morgan fingerprint density at radius 2 is 2.08 bits per heavy atom. The SMILES string of the molecule is Cc1cn2cc(CNC(=O)c3ccc(-c4csc5ccccc45)nc3N(C)CC3COCCO3)nc2s1. The smallest absolute Gasteiger partial charge is 0.255 e. The molecule has 1 amide bonds. The molecule has 5 heterocycles. The topological polar surface area (TPSA) is 81.0 Å². The van der Waals surface area contributed by atoms with E-state index < -0.39 is 0 Å². The molecule has 0 aliphatic carbocycles. The van der Waals surface area contributed by atoms with E-state index in [1.807, 2.05) is 53.0 Å². The van der Waals surface area contributed by atoms with Gasteiger partial charge in [-0.3, -0.25) is 9.20 Å². The van der Waals surface area contributed by atoms with Crippen LogP contribution in [-0.2, 0) is 16.0 Å². The maximum absolute atomic E-state index is 13.4. The van der Waals surface area contributed by atoms with Gasteiger partial charge in [0, 0.05) is 51.9 Å². The zero-order chi connectivity index (χ0) is 25.4. The van der Waals surface area contributed by atoms with Crippen LogP contribution in [0.25, 0.3) is 26.3 Å². The molecule has 8 nitrogen and oxygen atoms in total. The first-order valence-corrected chi connectivity index (χ1v) is 13.8. The van der Waals surface area contributed by atoms with Crippen LogP contribution in [0.5, 0.6) is 0 Å². The zero-order valence-electron chi connectivity index (χ0n) is 20.6. The molecule has 5 aromatic rings. The fourth-order valence-electron chi connectivity index (χ4n) is 4.59. The second-order valence-electron chi connectivity index (χ2n) is 9.11. The quantitative estimate of drug-likeness (QED) is 0.325. The molecular weight excluding hydrogens is 506 g/mol. The Balaban J connectivity index is 1.29. The number of thiazole rings is 1. The summed E-state index contributed by atoms with van der Waals surface area (Å²) in [5.74, 6) is 0.422. The summed E-state index contributed by atoms with van der Waals surface area (Å²) < 4.78 is 14.6. The van der Waals surface area contributed by atoms with Crippen molar-refractivity contribution in [2.75, 3.05) is 38.3 Å². The molecule has 1 aliphatic rings. The minimum absolute atomic E-state index is 0.0796. The van der Waals surface area contributed by atoms with E-state index in [9.17, 15) is 4.79 Å². The minimum Gasteiger partial charge on any atom is -0.376 e. The number of fused-ring (bicyclic) bond motifs is 2. The highest BCUT2D eigenvalue weighted by Crippen LogP contribution is 2.34. The van der Waals surface area contributed by atoms with Gasteiger partial charge in [0.05, 0.1) is 49.4 Å². The van der Waals surface area contributed by atoms with Crippen molar-refractivity contribution in [1.82, 2.24) is 19.7 Å². The van der Waals surface area contributed by atoms with Gasteiger partial charge in [0.15, 0.2) is 4.96 Å². The van der Waals surface area contributed by atoms with Gasteiger partial charge in [0.1, 0.15) is 5.82 Å². The molecule has 0 spiro atoms. The Kier molecular flexibility index (Phi) is 6.64. The first kappa shape index (κ1) is 24.1. The van der Waals surface area contributed by atoms with Crippen molar-refractivity contribution in [2.24, 2.45) is 0 Å².